The molecule has 9 nitrogen and oxygen atoms in total. The highest BCUT2D eigenvalue weighted by atomic mass is 35.5. The van der Waals surface area contributed by atoms with Gasteiger partial charge in [0.1, 0.15) is 17.1 Å². The number of anilines is 1. The minimum absolute atomic E-state index is 0.0799. The number of carbonyl (C=O) groups excluding carboxylic acids is 2. The van der Waals surface area contributed by atoms with E-state index in [1.54, 1.807) is 43.3 Å². The molecule has 1 saturated heterocycles. The molecule has 1 N–H and O–H groups in total. The van der Waals surface area contributed by atoms with Gasteiger partial charge in [0.2, 0.25) is 5.13 Å². The number of aliphatic hydroxyl groups excluding tert-OH is 1. The molecule has 1 aliphatic rings. The highest BCUT2D eigenvalue weighted by Gasteiger charge is 2.49. The van der Waals surface area contributed by atoms with Gasteiger partial charge >= 0.3 is 5.91 Å². The van der Waals surface area contributed by atoms with Crippen LogP contribution < -0.4 is 9.64 Å². The lowest BCUT2D eigenvalue weighted by molar-refractivity contribution is -0.132. The van der Waals surface area contributed by atoms with Gasteiger partial charge < -0.3 is 14.2 Å². The van der Waals surface area contributed by atoms with Crippen LogP contribution in [0, 0.1) is 13.8 Å². The smallest absolute Gasteiger partial charge is 0.301 e. The number of halogens is 2. The molecule has 13 heteroatoms. The zero-order valence-corrected chi connectivity index (χ0v) is 27.6. The number of pyridine rings is 1. The summed E-state index contributed by atoms with van der Waals surface area (Å²) in [5.41, 5.74) is 3.79. The van der Waals surface area contributed by atoms with Crippen molar-refractivity contribution in [3.63, 3.8) is 0 Å². The zero-order valence-electron chi connectivity index (χ0n) is 24.5. The Hall–Kier alpha value is -3.90. The molecular weight excluding hydrogens is 653 g/mol. The first kappa shape index (κ1) is 31.1. The Kier molecular flexibility index (Phi) is 8.87. The van der Waals surface area contributed by atoms with Crippen LogP contribution in [-0.4, -0.2) is 43.0 Å². The molecule has 1 atom stereocenters. The largest absolute Gasteiger partial charge is 0.505 e. The van der Waals surface area contributed by atoms with Crippen LogP contribution in [-0.2, 0) is 15.3 Å². The average molecular weight is 681 g/mol. The van der Waals surface area contributed by atoms with E-state index in [0.717, 1.165) is 17.5 Å². The van der Waals surface area contributed by atoms with E-state index in [9.17, 15) is 14.7 Å². The Labute approximate surface area is 277 Å². The summed E-state index contributed by atoms with van der Waals surface area (Å²) in [5.74, 6) is -0.865. The molecule has 4 heterocycles. The molecule has 6 rings (SSSR count). The molecule has 1 fully saturated rings. The van der Waals surface area contributed by atoms with Crippen LogP contribution in [0.5, 0.6) is 5.75 Å². The summed E-state index contributed by atoms with van der Waals surface area (Å²) in [4.78, 5) is 33.4. The highest BCUT2D eigenvalue weighted by Crippen LogP contribution is 2.44. The van der Waals surface area contributed by atoms with Crippen LogP contribution in [0.3, 0.4) is 0 Å². The lowest BCUT2D eigenvalue weighted by atomic mass is 9.96. The standard InChI is InChI=1S/C32H27Cl2N5O4S2/c1-4-14-43-22-11-8-19(9-12-22)26-24(27(40)25-18(3)38-13-5-6-17(2)29(38)35-25)28(41)30(42)39(26)31-36-37-32(45-31)44-16-20-7-10-21(33)15-23(20)34/h5-13,15,26,40H,4,14,16H2,1-3H3. The van der Waals surface area contributed by atoms with Crippen LogP contribution >= 0.6 is 46.3 Å². The number of fused-ring (bicyclic) bond motifs is 1. The number of hydrogen-bond donors (Lipinski definition) is 1. The van der Waals surface area contributed by atoms with E-state index < -0.39 is 17.7 Å². The number of Topliss-reactive ketones (excluding diaryl/α,β-unsaturated/α-hetero) is 1. The van der Waals surface area contributed by atoms with Crippen molar-refractivity contribution < 1.29 is 19.4 Å². The van der Waals surface area contributed by atoms with Crippen LogP contribution in [0.4, 0.5) is 5.13 Å². The Morgan fingerprint density at radius 1 is 1.09 bits per heavy atom. The SMILES string of the molecule is CCCOc1ccc(C2C(=C(O)c3nc4c(C)cccn4c3C)C(=O)C(=O)N2c2nnc(SCc3ccc(Cl)cc3Cl)s2)cc1. The van der Waals surface area contributed by atoms with Crippen molar-refractivity contribution in [2.75, 3.05) is 11.5 Å². The van der Waals surface area contributed by atoms with Gasteiger partial charge in [-0.25, -0.2) is 4.98 Å². The number of aromatic nitrogens is 4. The van der Waals surface area contributed by atoms with E-state index in [0.29, 0.717) is 49.4 Å². The maximum absolute atomic E-state index is 13.7. The minimum Gasteiger partial charge on any atom is -0.505 e. The molecule has 45 heavy (non-hydrogen) atoms. The third-order valence-electron chi connectivity index (χ3n) is 7.39. The number of aliphatic hydroxyl groups is 1. The molecular formula is C32H27Cl2N5O4S2. The van der Waals surface area contributed by atoms with Crippen molar-refractivity contribution in [3.05, 3.63) is 104 Å². The number of thioether (sulfide) groups is 1. The molecule has 0 saturated carbocycles. The maximum Gasteiger partial charge on any atom is 0.301 e. The molecule has 2 aromatic carbocycles. The van der Waals surface area contributed by atoms with Gasteiger partial charge in [-0.3, -0.25) is 14.5 Å². The summed E-state index contributed by atoms with van der Waals surface area (Å²) in [5, 5.41) is 21.6. The van der Waals surface area contributed by atoms with Crippen LogP contribution in [0.1, 0.15) is 47.5 Å². The van der Waals surface area contributed by atoms with Gasteiger partial charge in [0, 0.05) is 22.0 Å². The van der Waals surface area contributed by atoms with Gasteiger partial charge in [-0.2, -0.15) is 0 Å². The average Bonchev–Trinajstić information content (AvgIpc) is 3.71. The molecule has 0 bridgehead atoms. The first-order chi connectivity index (χ1) is 21.7. The molecule has 0 aliphatic carbocycles. The van der Waals surface area contributed by atoms with Gasteiger partial charge in [-0.15, -0.1) is 10.2 Å². The van der Waals surface area contributed by atoms with E-state index in [1.807, 2.05) is 42.6 Å². The van der Waals surface area contributed by atoms with Crippen molar-refractivity contribution in [1.82, 2.24) is 19.6 Å². The number of ketones is 1. The Balaban J connectivity index is 1.42. The van der Waals surface area contributed by atoms with Gasteiger partial charge in [0.05, 0.1) is 23.9 Å². The molecule has 0 spiro atoms. The van der Waals surface area contributed by atoms with Gasteiger partial charge in [0.15, 0.2) is 10.1 Å². The maximum atomic E-state index is 13.7. The predicted molar refractivity (Wildman–Crippen MR) is 178 cm³/mol. The number of hydrogen-bond acceptors (Lipinski definition) is 9. The molecule has 1 aliphatic heterocycles. The number of ether oxygens (including phenoxy) is 1. The Morgan fingerprint density at radius 2 is 1.87 bits per heavy atom. The van der Waals surface area contributed by atoms with Crippen LogP contribution in [0.15, 0.2) is 70.7 Å². The second-order valence-corrected chi connectivity index (χ2v) is 13.4. The van der Waals surface area contributed by atoms with E-state index in [1.165, 1.54) is 28.0 Å². The van der Waals surface area contributed by atoms with E-state index in [2.05, 4.69) is 15.2 Å². The summed E-state index contributed by atoms with van der Waals surface area (Å²) in [6.45, 7) is 6.29. The number of amides is 1. The van der Waals surface area contributed by atoms with Crippen molar-refractivity contribution in [3.8, 4) is 5.75 Å². The third kappa shape index (κ3) is 5.93. The molecule has 1 unspecified atom stereocenters. The van der Waals surface area contributed by atoms with Gasteiger partial charge in [-0.05, 0) is 67.3 Å². The number of nitrogens with zero attached hydrogens (tertiary/aromatic N) is 5. The lowest BCUT2D eigenvalue weighted by Gasteiger charge is -2.22. The normalized spacial score (nSPS) is 16.2. The van der Waals surface area contributed by atoms with E-state index >= 15 is 0 Å². The summed E-state index contributed by atoms with van der Waals surface area (Å²) in [6, 6.07) is 15.2. The summed E-state index contributed by atoms with van der Waals surface area (Å²) >= 11 is 14.9. The topological polar surface area (TPSA) is 110 Å². The highest BCUT2D eigenvalue weighted by molar-refractivity contribution is 8.00. The minimum atomic E-state index is -0.980. The number of benzene rings is 2. The second-order valence-electron chi connectivity index (χ2n) is 10.4. The predicted octanol–water partition coefficient (Wildman–Crippen LogP) is 7.82. The molecule has 5 aromatic rings. The van der Waals surface area contributed by atoms with E-state index in [4.69, 9.17) is 27.9 Å². The quantitative estimate of drug-likeness (QED) is 0.0552. The van der Waals surface area contributed by atoms with Crippen molar-refractivity contribution >= 4 is 74.5 Å². The first-order valence-electron chi connectivity index (χ1n) is 14.1. The van der Waals surface area contributed by atoms with E-state index in [-0.39, 0.29) is 22.2 Å². The summed E-state index contributed by atoms with van der Waals surface area (Å²) in [7, 11) is 0. The van der Waals surface area contributed by atoms with Gasteiger partial charge in [-0.1, -0.05) is 77.5 Å². The van der Waals surface area contributed by atoms with Crippen molar-refractivity contribution in [2.24, 2.45) is 0 Å². The van der Waals surface area contributed by atoms with Crippen LogP contribution in [0.2, 0.25) is 10.0 Å². The fraction of sp³-hybridized carbons (Fsp3) is 0.219. The first-order valence-corrected chi connectivity index (χ1v) is 16.6. The number of aryl methyl sites for hydroxylation is 2. The molecule has 230 valence electrons. The third-order valence-corrected chi connectivity index (χ3v) is 10.1. The molecule has 1 amide bonds. The Bertz CT molecular complexity index is 1970. The molecule has 0 radical (unpaired) electrons. The summed E-state index contributed by atoms with van der Waals surface area (Å²) in [6.07, 6.45) is 2.69. The monoisotopic (exact) mass is 679 g/mol. The van der Waals surface area contributed by atoms with Crippen molar-refractivity contribution in [2.45, 2.75) is 43.3 Å². The number of rotatable bonds is 9. The molecule has 3 aromatic heterocycles. The second kappa shape index (κ2) is 12.8. The van der Waals surface area contributed by atoms with Gasteiger partial charge in [0.25, 0.3) is 5.78 Å². The number of imidazole rings is 1. The van der Waals surface area contributed by atoms with Crippen molar-refractivity contribution in [1.29, 1.82) is 0 Å². The Morgan fingerprint density at radius 3 is 2.58 bits per heavy atom. The number of carbonyl (C=O) groups is 2. The fourth-order valence-corrected chi connectivity index (χ4v) is 7.55. The lowest BCUT2D eigenvalue weighted by Crippen LogP contribution is -2.29. The van der Waals surface area contributed by atoms with Crippen LogP contribution in [0.25, 0.3) is 11.4 Å². The fourth-order valence-electron chi connectivity index (χ4n) is 5.12. The zero-order chi connectivity index (χ0) is 31.8. The summed E-state index contributed by atoms with van der Waals surface area (Å²) < 4.78 is 8.17.